The summed E-state index contributed by atoms with van der Waals surface area (Å²) in [7, 11) is -1.42. The number of rotatable bonds is 1. The molecule has 2 rings (SSSR count). The first-order valence-electron chi connectivity index (χ1n) is 3.99. The highest BCUT2D eigenvalue weighted by Gasteiger charge is 2.12. The number of fused-ring (bicyclic) bond motifs is 1. The maximum atomic E-state index is 8.94. The van der Waals surface area contributed by atoms with E-state index >= 15 is 0 Å². The highest BCUT2D eigenvalue weighted by molar-refractivity contribution is 6.58. The molecule has 1 aromatic carbocycles. The van der Waals surface area contributed by atoms with Crippen molar-refractivity contribution in [2.75, 3.05) is 0 Å². The zero-order valence-electron chi connectivity index (χ0n) is 7.15. The second kappa shape index (κ2) is 2.87. The number of benzene rings is 1. The van der Waals surface area contributed by atoms with Gasteiger partial charge in [-0.2, -0.15) is 5.10 Å². The fraction of sp³-hybridized carbons (Fsp3) is 0.125. The van der Waals surface area contributed by atoms with Crippen LogP contribution in [0, 0.1) is 6.92 Å². The first-order valence-corrected chi connectivity index (χ1v) is 3.99. The number of hydrogen-bond donors (Lipinski definition) is 3. The van der Waals surface area contributed by atoms with Crippen LogP contribution in [0.5, 0.6) is 0 Å². The lowest BCUT2D eigenvalue weighted by atomic mass is 9.80. The molecule has 0 atom stereocenters. The molecular formula is C8H9BN2O2. The number of nitrogens with zero attached hydrogens (tertiary/aromatic N) is 1. The molecule has 1 heterocycles. The Hall–Kier alpha value is -1.33. The maximum absolute atomic E-state index is 8.94. The van der Waals surface area contributed by atoms with Gasteiger partial charge in [0.15, 0.2) is 0 Å². The van der Waals surface area contributed by atoms with E-state index in [-0.39, 0.29) is 0 Å². The molecule has 5 heteroatoms. The van der Waals surface area contributed by atoms with Crippen LogP contribution >= 0.6 is 0 Å². The minimum absolute atomic E-state index is 0.483. The second-order valence-corrected chi connectivity index (χ2v) is 3.00. The van der Waals surface area contributed by atoms with E-state index in [1.165, 1.54) is 0 Å². The van der Waals surface area contributed by atoms with Gasteiger partial charge in [0.25, 0.3) is 0 Å². The summed E-state index contributed by atoms with van der Waals surface area (Å²) in [6, 6.07) is 5.12. The van der Waals surface area contributed by atoms with Gasteiger partial charge in [0.05, 0.1) is 5.52 Å². The lowest BCUT2D eigenvalue weighted by molar-refractivity contribution is 0.426. The van der Waals surface area contributed by atoms with E-state index in [0.717, 1.165) is 16.6 Å². The normalized spacial score (nSPS) is 10.7. The number of hydrogen-bond acceptors (Lipinski definition) is 3. The second-order valence-electron chi connectivity index (χ2n) is 3.00. The first kappa shape index (κ1) is 8.28. The summed E-state index contributed by atoms with van der Waals surface area (Å²) in [5, 5.41) is 25.7. The molecule has 0 unspecified atom stereocenters. The molecule has 0 aliphatic rings. The van der Waals surface area contributed by atoms with Crippen molar-refractivity contribution in [2.45, 2.75) is 6.92 Å². The van der Waals surface area contributed by atoms with Crippen molar-refractivity contribution in [3.63, 3.8) is 0 Å². The van der Waals surface area contributed by atoms with Crippen LogP contribution in [0.1, 0.15) is 5.69 Å². The van der Waals surface area contributed by atoms with E-state index in [2.05, 4.69) is 10.2 Å². The van der Waals surface area contributed by atoms with E-state index in [9.17, 15) is 0 Å². The molecule has 0 aliphatic carbocycles. The van der Waals surface area contributed by atoms with Crippen molar-refractivity contribution in [3.8, 4) is 0 Å². The van der Waals surface area contributed by atoms with Gasteiger partial charge in [0.1, 0.15) is 0 Å². The molecule has 0 amide bonds. The molecule has 1 aromatic heterocycles. The molecule has 0 aliphatic heterocycles. The summed E-state index contributed by atoms with van der Waals surface area (Å²) in [5.41, 5.74) is 2.25. The molecular weight excluding hydrogens is 167 g/mol. The summed E-state index contributed by atoms with van der Waals surface area (Å²) in [6.07, 6.45) is 0. The molecule has 13 heavy (non-hydrogen) atoms. The molecule has 0 saturated carbocycles. The third-order valence-electron chi connectivity index (χ3n) is 2.07. The number of aryl methyl sites for hydroxylation is 1. The summed E-state index contributed by atoms with van der Waals surface area (Å²) < 4.78 is 0. The van der Waals surface area contributed by atoms with Gasteiger partial charge in [0.2, 0.25) is 0 Å². The average Bonchev–Trinajstić information content (AvgIpc) is 2.47. The third-order valence-corrected chi connectivity index (χ3v) is 2.07. The van der Waals surface area contributed by atoms with E-state index in [1.807, 2.05) is 6.92 Å². The van der Waals surface area contributed by atoms with Gasteiger partial charge in [-0.1, -0.05) is 12.1 Å². The van der Waals surface area contributed by atoms with Crippen molar-refractivity contribution in [1.29, 1.82) is 0 Å². The molecule has 0 bridgehead atoms. The Morgan fingerprint density at radius 1 is 1.38 bits per heavy atom. The minimum atomic E-state index is -1.42. The highest BCUT2D eigenvalue weighted by Crippen LogP contribution is 2.12. The number of aromatic nitrogens is 2. The Bertz CT molecular complexity index is 439. The van der Waals surface area contributed by atoms with Crippen molar-refractivity contribution < 1.29 is 10.0 Å². The average molecular weight is 176 g/mol. The predicted octanol–water partition coefficient (Wildman–Crippen LogP) is -0.449. The number of aromatic amines is 1. The smallest absolute Gasteiger partial charge is 0.423 e. The lowest BCUT2D eigenvalue weighted by Gasteiger charge is -1.98. The molecule has 2 aromatic rings. The maximum Gasteiger partial charge on any atom is 0.488 e. The van der Waals surface area contributed by atoms with Crippen LogP contribution in [0.4, 0.5) is 0 Å². The Labute approximate surface area is 75.4 Å². The Balaban J connectivity index is 2.66. The van der Waals surface area contributed by atoms with E-state index in [4.69, 9.17) is 10.0 Å². The molecule has 0 fully saturated rings. The van der Waals surface area contributed by atoms with Crippen LogP contribution < -0.4 is 5.46 Å². The van der Waals surface area contributed by atoms with Crippen LogP contribution in [0.2, 0.25) is 0 Å². The summed E-state index contributed by atoms with van der Waals surface area (Å²) in [4.78, 5) is 0. The molecule has 66 valence electrons. The van der Waals surface area contributed by atoms with Gasteiger partial charge < -0.3 is 10.0 Å². The van der Waals surface area contributed by atoms with E-state index in [1.54, 1.807) is 18.2 Å². The van der Waals surface area contributed by atoms with Gasteiger partial charge in [0, 0.05) is 11.1 Å². The number of H-pyrrole nitrogens is 1. The SMILES string of the molecule is Cc1[nH]nc2ccc(B(O)O)cc12. The van der Waals surface area contributed by atoms with Gasteiger partial charge in [-0.15, -0.1) is 0 Å². The van der Waals surface area contributed by atoms with Crippen LogP contribution in [0.15, 0.2) is 18.2 Å². The lowest BCUT2D eigenvalue weighted by Crippen LogP contribution is -2.29. The van der Waals surface area contributed by atoms with Crippen LogP contribution in [0.25, 0.3) is 10.9 Å². The number of nitrogens with one attached hydrogen (secondary N) is 1. The van der Waals surface area contributed by atoms with Gasteiger partial charge in [-0.25, -0.2) is 0 Å². The predicted molar refractivity (Wildman–Crippen MR) is 50.7 cm³/mol. The van der Waals surface area contributed by atoms with Crippen molar-refractivity contribution >= 4 is 23.5 Å². The van der Waals surface area contributed by atoms with Crippen LogP contribution in [0.3, 0.4) is 0 Å². The molecule has 3 N–H and O–H groups in total. The van der Waals surface area contributed by atoms with Gasteiger partial charge in [-0.3, -0.25) is 5.10 Å². The van der Waals surface area contributed by atoms with Gasteiger partial charge >= 0.3 is 7.12 Å². The highest BCUT2D eigenvalue weighted by atomic mass is 16.4. The topological polar surface area (TPSA) is 69.1 Å². The standard InChI is InChI=1S/C8H9BN2O2/c1-5-7-4-6(9(12)13)2-3-8(7)11-10-5/h2-4,12-13H,1H3,(H,10,11). The molecule has 0 radical (unpaired) electrons. The Morgan fingerprint density at radius 2 is 2.15 bits per heavy atom. The molecule has 0 spiro atoms. The summed E-state index contributed by atoms with van der Waals surface area (Å²) >= 11 is 0. The van der Waals surface area contributed by atoms with Gasteiger partial charge in [-0.05, 0) is 18.5 Å². The zero-order valence-corrected chi connectivity index (χ0v) is 7.15. The Morgan fingerprint density at radius 3 is 2.85 bits per heavy atom. The van der Waals surface area contributed by atoms with Crippen molar-refractivity contribution in [1.82, 2.24) is 10.2 Å². The van der Waals surface area contributed by atoms with Crippen molar-refractivity contribution in [2.24, 2.45) is 0 Å². The fourth-order valence-electron chi connectivity index (χ4n) is 1.32. The van der Waals surface area contributed by atoms with E-state index in [0.29, 0.717) is 5.46 Å². The van der Waals surface area contributed by atoms with Crippen LogP contribution in [-0.2, 0) is 0 Å². The Kier molecular flexibility index (Phi) is 1.83. The van der Waals surface area contributed by atoms with Crippen LogP contribution in [-0.4, -0.2) is 27.4 Å². The van der Waals surface area contributed by atoms with E-state index < -0.39 is 7.12 Å². The fourth-order valence-corrected chi connectivity index (χ4v) is 1.32. The minimum Gasteiger partial charge on any atom is -0.423 e. The summed E-state index contributed by atoms with van der Waals surface area (Å²) in [5.74, 6) is 0. The summed E-state index contributed by atoms with van der Waals surface area (Å²) in [6.45, 7) is 1.89. The quantitative estimate of drug-likeness (QED) is 0.515. The largest absolute Gasteiger partial charge is 0.488 e. The first-order chi connectivity index (χ1) is 6.18. The van der Waals surface area contributed by atoms with Crippen molar-refractivity contribution in [3.05, 3.63) is 23.9 Å². The monoisotopic (exact) mass is 176 g/mol. The third kappa shape index (κ3) is 1.32. The molecule has 0 saturated heterocycles. The zero-order chi connectivity index (χ0) is 9.42. The molecule has 4 nitrogen and oxygen atoms in total.